The summed E-state index contributed by atoms with van der Waals surface area (Å²) in [4.78, 5) is 0. The maximum atomic E-state index is 10.4. The van der Waals surface area contributed by atoms with E-state index in [1.165, 1.54) is 0 Å². The van der Waals surface area contributed by atoms with Crippen molar-refractivity contribution < 1.29 is 10.2 Å². The van der Waals surface area contributed by atoms with Gasteiger partial charge >= 0.3 is 0 Å². The molecule has 0 aromatic rings. The second-order valence-corrected chi connectivity index (χ2v) is 6.10. The first kappa shape index (κ1) is 10.4. The van der Waals surface area contributed by atoms with E-state index in [2.05, 4.69) is 13.8 Å². The van der Waals surface area contributed by atoms with Gasteiger partial charge in [-0.15, -0.1) is 0 Å². The van der Waals surface area contributed by atoms with Crippen LogP contribution in [0.1, 0.15) is 47.0 Å². The third-order valence-corrected chi connectivity index (χ3v) is 5.05. The molecule has 0 amide bonds. The predicted octanol–water partition coefficient (Wildman–Crippen LogP) is 1.94. The molecule has 82 valence electrons. The molecule has 2 rings (SSSR count). The van der Waals surface area contributed by atoms with Crippen LogP contribution in [-0.4, -0.2) is 21.4 Å². The van der Waals surface area contributed by atoms with Crippen LogP contribution in [0.4, 0.5) is 0 Å². The van der Waals surface area contributed by atoms with Crippen molar-refractivity contribution in [2.45, 2.75) is 58.2 Å². The molecule has 0 heterocycles. The lowest BCUT2D eigenvalue weighted by Gasteiger charge is -2.44. The van der Waals surface area contributed by atoms with Crippen LogP contribution >= 0.6 is 0 Å². The van der Waals surface area contributed by atoms with Gasteiger partial charge < -0.3 is 10.2 Å². The zero-order valence-corrected chi connectivity index (χ0v) is 9.67. The summed E-state index contributed by atoms with van der Waals surface area (Å²) >= 11 is 0. The van der Waals surface area contributed by atoms with Gasteiger partial charge in [-0.1, -0.05) is 20.8 Å². The Balaban J connectivity index is 2.24. The van der Waals surface area contributed by atoms with Crippen molar-refractivity contribution in [2.24, 2.45) is 17.3 Å². The summed E-state index contributed by atoms with van der Waals surface area (Å²) < 4.78 is 0. The first-order valence-electron chi connectivity index (χ1n) is 5.69. The highest BCUT2D eigenvalue weighted by molar-refractivity contribution is 5.17. The van der Waals surface area contributed by atoms with E-state index >= 15 is 0 Å². The van der Waals surface area contributed by atoms with E-state index < -0.39 is 11.2 Å². The van der Waals surface area contributed by atoms with E-state index in [9.17, 15) is 10.2 Å². The molecule has 0 radical (unpaired) electrons. The minimum atomic E-state index is -0.892. The van der Waals surface area contributed by atoms with Gasteiger partial charge in [-0.05, 0) is 43.4 Å². The molecule has 4 atom stereocenters. The van der Waals surface area contributed by atoms with E-state index in [4.69, 9.17) is 0 Å². The lowest BCUT2D eigenvalue weighted by atomic mass is 9.71. The number of hydrogen-bond donors (Lipinski definition) is 2. The summed E-state index contributed by atoms with van der Waals surface area (Å²) in [5, 5.41) is 20.7. The fourth-order valence-corrected chi connectivity index (χ4v) is 3.40. The van der Waals surface area contributed by atoms with E-state index in [-0.39, 0.29) is 0 Å². The number of fused-ring (bicyclic) bond motifs is 1. The van der Waals surface area contributed by atoms with Crippen LogP contribution in [-0.2, 0) is 0 Å². The van der Waals surface area contributed by atoms with Gasteiger partial charge in [0.05, 0.1) is 11.2 Å². The molecule has 0 aliphatic heterocycles. The maximum Gasteiger partial charge on any atom is 0.0931 e. The lowest BCUT2D eigenvalue weighted by molar-refractivity contribution is -0.168. The zero-order valence-electron chi connectivity index (χ0n) is 9.67. The SMILES string of the molecule is CCC1(O)CC2C(CC1(C)O)C2(C)C. The van der Waals surface area contributed by atoms with Crippen molar-refractivity contribution in [2.75, 3.05) is 0 Å². The molecule has 0 spiro atoms. The number of aliphatic hydroxyl groups is 2. The Labute approximate surface area is 86.3 Å². The Morgan fingerprint density at radius 2 is 1.57 bits per heavy atom. The van der Waals surface area contributed by atoms with Crippen LogP contribution < -0.4 is 0 Å². The van der Waals surface area contributed by atoms with Gasteiger partial charge in [-0.25, -0.2) is 0 Å². The van der Waals surface area contributed by atoms with Gasteiger partial charge in [0.1, 0.15) is 0 Å². The summed E-state index contributed by atoms with van der Waals surface area (Å²) in [7, 11) is 0. The van der Waals surface area contributed by atoms with Gasteiger partial charge in [0, 0.05) is 0 Å². The number of hydrogen-bond acceptors (Lipinski definition) is 2. The minimum Gasteiger partial charge on any atom is -0.387 e. The minimum absolute atomic E-state index is 0.337. The standard InChI is InChI=1S/C12H22O2/c1-5-12(14)7-9-8(10(9,2)3)6-11(12,4)13/h8-9,13-14H,5-7H2,1-4H3. The highest BCUT2D eigenvalue weighted by Crippen LogP contribution is 2.68. The normalized spacial score (nSPS) is 55.3. The van der Waals surface area contributed by atoms with Crippen LogP contribution in [0, 0.1) is 17.3 Å². The van der Waals surface area contributed by atoms with E-state index in [1.54, 1.807) is 6.92 Å². The Kier molecular flexibility index (Phi) is 1.89. The molecule has 2 saturated carbocycles. The molecular formula is C12H22O2. The zero-order chi connectivity index (χ0) is 10.8. The first-order valence-corrected chi connectivity index (χ1v) is 5.69. The first-order chi connectivity index (χ1) is 6.24. The predicted molar refractivity (Wildman–Crippen MR) is 55.9 cm³/mol. The van der Waals surface area contributed by atoms with Crippen molar-refractivity contribution in [3.8, 4) is 0 Å². The maximum absolute atomic E-state index is 10.4. The fourth-order valence-electron chi connectivity index (χ4n) is 3.40. The van der Waals surface area contributed by atoms with Crippen molar-refractivity contribution in [3.05, 3.63) is 0 Å². The summed E-state index contributed by atoms with van der Waals surface area (Å²) in [5.41, 5.74) is -1.41. The highest BCUT2D eigenvalue weighted by Gasteiger charge is 2.67. The molecule has 2 nitrogen and oxygen atoms in total. The van der Waals surface area contributed by atoms with Crippen LogP contribution in [0.2, 0.25) is 0 Å². The molecule has 2 aliphatic carbocycles. The molecule has 0 aromatic carbocycles. The highest BCUT2D eigenvalue weighted by atomic mass is 16.4. The van der Waals surface area contributed by atoms with Crippen molar-refractivity contribution in [1.29, 1.82) is 0 Å². The van der Waals surface area contributed by atoms with Gasteiger partial charge in [0.2, 0.25) is 0 Å². The van der Waals surface area contributed by atoms with Gasteiger partial charge in [0.15, 0.2) is 0 Å². The van der Waals surface area contributed by atoms with E-state index in [0.29, 0.717) is 23.7 Å². The van der Waals surface area contributed by atoms with Crippen LogP contribution in [0.25, 0.3) is 0 Å². The quantitative estimate of drug-likeness (QED) is 0.676. The van der Waals surface area contributed by atoms with Crippen molar-refractivity contribution >= 4 is 0 Å². The van der Waals surface area contributed by atoms with Gasteiger partial charge in [-0.2, -0.15) is 0 Å². The average molecular weight is 198 g/mol. The Morgan fingerprint density at radius 1 is 1.07 bits per heavy atom. The molecule has 2 N–H and O–H groups in total. The molecule has 0 aromatic heterocycles. The Hall–Kier alpha value is -0.0800. The molecule has 2 aliphatic rings. The average Bonchev–Trinajstić information content (AvgIpc) is 2.54. The summed E-state index contributed by atoms with van der Waals surface area (Å²) in [6, 6.07) is 0. The van der Waals surface area contributed by atoms with Crippen LogP contribution in [0.15, 0.2) is 0 Å². The molecule has 2 fully saturated rings. The third-order valence-electron chi connectivity index (χ3n) is 5.05. The molecule has 0 saturated heterocycles. The van der Waals surface area contributed by atoms with Crippen LogP contribution in [0.3, 0.4) is 0 Å². The molecule has 14 heavy (non-hydrogen) atoms. The van der Waals surface area contributed by atoms with Crippen molar-refractivity contribution in [1.82, 2.24) is 0 Å². The smallest absolute Gasteiger partial charge is 0.0931 e. The Bertz CT molecular complexity index is 257. The summed E-state index contributed by atoms with van der Waals surface area (Å²) in [6.07, 6.45) is 2.18. The summed E-state index contributed by atoms with van der Waals surface area (Å²) in [5.74, 6) is 1.23. The fraction of sp³-hybridized carbons (Fsp3) is 1.00. The second-order valence-electron chi connectivity index (χ2n) is 6.10. The van der Waals surface area contributed by atoms with E-state index in [0.717, 1.165) is 12.8 Å². The van der Waals surface area contributed by atoms with E-state index in [1.807, 2.05) is 6.92 Å². The molecule has 0 bridgehead atoms. The largest absolute Gasteiger partial charge is 0.387 e. The lowest BCUT2D eigenvalue weighted by Crippen LogP contribution is -2.54. The monoisotopic (exact) mass is 198 g/mol. The summed E-state index contributed by atoms with van der Waals surface area (Å²) in [6.45, 7) is 8.25. The Morgan fingerprint density at radius 3 is 2.07 bits per heavy atom. The molecule has 4 unspecified atom stereocenters. The molecular weight excluding hydrogens is 176 g/mol. The molecule has 2 heteroatoms. The number of rotatable bonds is 1. The van der Waals surface area contributed by atoms with Gasteiger partial charge in [0.25, 0.3) is 0 Å². The van der Waals surface area contributed by atoms with Crippen molar-refractivity contribution in [3.63, 3.8) is 0 Å². The topological polar surface area (TPSA) is 40.5 Å². The van der Waals surface area contributed by atoms with Gasteiger partial charge in [-0.3, -0.25) is 0 Å². The second kappa shape index (κ2) is 2.53. The third kappa shape index (κ3) is 1.10. The van der Waals surface area contributed by atoms with Crippen LogP contribution in [0.5, 0.6) is 0 Å².